The van der Waals surface area contributed by atoms with Gasteiger partial charge in [0.1, 0.15) is 0 Å². The highest BCUT2D eigenvalue weighted by Gasteiger charge is 2.46. The van der Waals surface area contributed by atoms with Crippen LogP contribution in [-0.4, -0.2) is 20.4 Å². The Balaban J connectivity index is 2.07. The van der Waals surface area contributed by atoms with Gasteiger partial charge in [0.05, 0.1) is 4.90 Å². The fraction of sp³-hybridized carbons (Fsp3) is 0.400. The molecule has 0 unspecified atom stereocenters. The number of sulfonamides is 1. The average molecular weight is 326 g/mol. The summed E-state index contributed by atoms with van der Waals surface area (Å²) in [5.41, 5.74) is 0. The molecule has 0 spiro atoms. The number of hydrogen-bond acceptors (Lipinski definition) is 2. The smallest absolute Gasteiger partial charge is 0.208 e. The van der Waals surface area contributed by atoms with Crippen LogP contribution in [0.3, 0.4) is 0 Å². The van der Waals surface area contributed by atoms with Crippen molar-refractivity contribution < 1.29 is 17.2 Å². The van der Waals surface area contributed by atoms with Crippen molar-refractivity contribution in [3.8, 4) is 0 Å². The van der Waals surface area contributed by atoms with Crippen molar-refractivity contribution >= 4 is 26.0 Å². The van der Waals surface area contributed by atoms with Gasteiger partial charge in [0.2, 0.25) is 10.0 Å². The molecule has 1 aromatic rings. The molecule has 94 valence electrons. The van der Waals surface area contributed by atoms with Crippen molar-refractivity contribution in [3.05, 3.63) is 28.7 Å². The van der Waals surface area contributed by atoms with Crippen LogP contribution in [0.2, 0.25) is 0 Å². The van der Waals surface area contributed by atoms with E-state index in [0.29, 0.717) is 0 Å². The SMILES string of the molecule is O=S(=O)(NC1CC(F)(F)C1)c1ccc(Br)cc1. The maximum Gasteiger partial charge on any atom is 0.251 e. The number of halogens is 3. The Morgan fingerprint density at radius 1 is 1.24 bits per heavy atom. The zero-order valence-corrected chi connectivity index (χ0v) is 11.1. The highest BCUT2D eigenvalue weighted by molar-refractivity contribution is 9.10. The molecular weight excluding hydrogens is 316 g/mol. The van der Waals surface area contributed by atoms with Gasteiger partial charge in [0.25, 0.3) is 5.92 Å². The van der Waals surface area contributed by atoms with Crippen LogP contribution < -0.4 is 4.72 Å². The molecule has 1 saturated carbocycles. The quantitative estimate of drug-likeness (QED) is 0.928. The largest absolute Gasteiger partial charge is 0.251 e. The van der Waals surface area contributed by atoms with Crippen molar-refractivity contribution in [1.82, 2.24) is 4.72 Å². The third kappa shape index (κ3) is 3.02. The Morgan fingerprint density at radius 2 is 1.76 bits per heavy atom. The van der Waals surface area contributed by atoms with Gasteiger partial charge in [-0.3, -0.25) is 0 Å². The summed E-state index contributed by atoms with van der Waals surface area (Å²) in [5, 5.41) is 0. The molecule has 1 aromatic carbocycles. The molecule has 0 heterocycles. The predicted octanol–water partition coefficient (Wildman–Crippen LogP) is 2.53. The molecule has 1 aliphatic carbocycles. The van der Waals surface area contributed by atoms with Crippen molar-refractivity contribution in [2.45, 2.75) is 29.7 Å². The van der Waals surface area contributed by atoms with E-state index in [0.717, 1.165) is 4.47 Å². The standard InChI is InChI=1S/C10H10BrF2NO2S/c11-7-1-3-9(4-2-7)17(15,16)14-8-5-10(12,13)6-8/h1-4,8,14H,5-6H2. The molecular formula is C10H10BrF2NO2S. The summed E-state index contributed by atoms with van der Waals surface area (Å²) in [7, 11) is -3.69. The summed E-state index contributed by atoms with van der Waals surface area (Å²) in [6.45, 7) is 0. The second-order valence-electron chi connectivity index (χ2n) is 4.04. The van der Waals surface area contributed by atoms with Crippen LogP contribution in [0.15, 0.2) is 33.6 Å². The first-order chi connectivity index (χ1) is 7.78. The molecule has 2 rings (SSSR count). The lowest BCUT2D eigenvalue weighted by Crippen LogP contribution is -2.50. The minimum Gasteiger partial charge on any atom is -0.208 e. The van der Waals surface area contributed by atoms with Gasteiger partial charge in [-0.2, -0.15) is 0 Å². The predicted molar refractivity (Wildman–Crippen MR) is 62.4 cm³/mol. The molecule has 0 aliphatic heterocycles. The number of hydrogen-bond donors (Lipinski definition) is 1. The molecule has 0 amide bonds. The maximum absolute atomic E-state index is 12.6. The molecule has 1 fully saturated rings. The maximum atomic E-state index is 12.6. The van der Waals surface area contributed by atoms with Crippen LogP contribution in [0.1, 0.15) is 12.8 Å². The third-order valence-corrected chi connectivity index (χ3v) is 4.60. The van der Waals surface area contributed by atoms with Crippen LogP contribution in [0.4, 0.5) is 8.78 Å². The van der Waals surface area contributed by atoms with Gasteiger partial charge in [-0.25, -0.2) is 21.9 Å². The van der Waals surface area contributed by atoms with Crippen molar-refractivity contribution in [2.24, 2.45) is 0 Å². The van der Waals surface area contributed by atoms with Crippen LogP contribution >= 0.6 is 15.9 Å². The minimum absolute atomic E-state index is 0.0796. The first kappa shape index (κ1) is 12.9. The highest BCUT2D eigenvalue weighted by atomic mass is 79.9. The number of alkyl halides is 2. The Kier molecular flexibility index (Phi) is 3.26. The molecule has 0 aromatic heterocycles. The second-order valence-corrected chi connectivity index (χ2v) is 6.67. The molecule has 0 atom stereocenters. The highest BCUT2D eigenvalue weighted by Crippen LogP contribution is 2.38. The average Bonchev–Trinajstić information content (AvgIpc) is 2.14. The zero-order chi connectivity index (χ0) is 12.7. The molecule has 1 N–H and O–H groups in total. The monoisotopic (exact) mass is 325 g/mol. The van der Waals surface area contributed by atoms with Gasteiger partial charge in [0, 0.05) is 23.4 Å². The second kappa shape index (κ2) is 4.29. The van der Waals surface area contributed by atoms with E-state index in [2.05, 4.69) is 20.7 Å². The first-order valence-corrected chi connectivity index (χ1v) is 7.22. The molecule has 3 nitrogen and oxygen atoms in total. The van der Waals surface area contributed by atoms with Gasteiger partial charge < -0.3 is 0 Å². The lowest BCUT2D eigenvalue weighted by atomic mass is 9.89. The number of rotatable bonds is 3. The van der Waals surface area contributed by atoms with E-state index in [4.69, 9.17) is 0 Å². The van der Waals surface area contributed by atoms with Gasteiger partial charge in [-0.15, -0.1) is 0 Å². The first-order valence-electron chi connectivity index (χ1n) is 4.94. The summed E-state index contributed by atoms with van der Waals surface area (Å²) in [6, 6.07) is 5.35. The molecule has 0 bridgehead atoms. The molecule has 0 radical (unpaired) electrons. The van der Waals surface area contributed by atoms with Gasteiger partial charge in [-0.05, 0) is 24.3 Å². The van der Waals surface area contributed by atoms with Crippen molar-refractivity contribution in [3.63, 3.8) is 0 Å². The van der Waals surface area contributed by atoms with E-state index in [1.807, 2.05) is 0 Å². The Hall–Kier alpha value is -0.530. The summed E-state index contributed by atoms with van der Waals surface area (Å²) in [4.78, 5) is 0.0796. The van der Waals surface area contributed by atoms with Crippen LogP contribution in [0.5, 0.6) is 0 Å². The minimum atomic E-state index is -3.69. The molecule has 0 saturated heterocycles. The summed E-state index contributed by atoms with van der Waals surface area (Å²) < 4.78 is 51.7. The Labute approximate surface area is 106 Å². The van der Waals surface area contributed by atoms with Crippen molar-refractivity contribution in [2.75, 3.05) is 0 Å². The van der Waals surface area contributed by atoms with Crippen LogP contribution in [0, 0.1) is 0 Å². The normalized spacial score (nSPS) is 19.9. The van der Waals surface area contributed by atoms with Crippen LogP contribution in [-0.2, 0) is 10.0 Å². The summed E-state index contributed by atoms with van der Waals surface area (Å²) in [6.07, 6.45) is -0.856. The lowest BCUT2D eigenvalue weighted by Gasteiger charge is -2.34. The van der Waals surface area contributed by atoms with Crippen molar-refractivity contribution in [1.29, 1.82) is 0 Å². The van der Waals surface area contributed by atoms with Crippen LogP contribution in [0.25, 0.3) is 0 Å². The van der Waals surface area contributed by atoms with E-state index in [9.17, 15) is 17.2 Å². The summed E-state index contributed by atoms with van der Waals surface area (Å²) in [5.74, 6) is -2.73. The van der Waals surface area contributed by atoms with E-state index in [1.54, 1.807) is 12.1 Å². The van der Waals surface area contributed by atoms with E-state index in [1.165, 1.54) is 12.1 Å². The van der Waals surface area contributed by atoms with E-state index >= 15 is 0 Å². The van der Waals surface area contributed by atoms with E-state index in [-0.39, 0.29) is 4.90 Å². The Bertz CT molecular complexity index is 508. The van der Waals surface area contributed by atoms with Gasteiger partial charge >= 0.3 is 0 Å². The summed E-state index contributed by atoms with van der Waals surface area (Å²) >= 11 is 3.19. The fourth-order valence-corrected chi connectivity index (χ4v) is 3.15. The molecule has 1 aliphatic rings. The fourth-order valence-electron chi connectivity index (χ4n) is 1.65. The number of benzene rings is 1. The van der Waals surface area contributed by atoms with E-state index < -0.39 is 34.8 Å². The Morgan fingerprint density at radius 3 is 2.24 bits per heavy atom. The van der Waals surface area contributed by atoms with Gasteiger partial charge in [-0.1, -0.05) is 15.9 Å². The van der Waals surface area contributed by atoms with Gasteiger partial charge in [0.15, 0.2) is 0 Å². The molecule has 17 heavy (non-hydrogen) atoms. The zero-order valence-electron chi connectivity index (χ0n) is 8.66. The lowest BCUT2D eigenvalue weighted by molar-refractivity contribution is -0.0876. The number of nitrogens with one attached hydrogen (secondary N) is 1. The molecule has 7 heteroatoms. The third-order valence-electron chi connectivity index (χ3n) is 2.54. The topological polar surface area (TPSA) is 46.2 Å².